The molecule has 0 saturated carbocycles. The summed E-state index contributed by atoms with van der Waals surface area (Å²) in [6.45, 7) is 5.38. The van der Waals surface area contributed by atoms with Gasteiger partial charge in [0.2, 0.25) is 5.91 Å². The molecule has 0 unspecified atom stereocenters. The maximum atomic E-state index is 12.7. The Balaban J connectivity index is 1.55. The van der Waals surface area contributed by atoms with Gasteiger partial charge in [0, 0.05) is 62.7 Å². The fourth-order valence-electron chi connectivity index (χ4n) is 3.20. The molecule has 0 spiro atoms. The Kier molecular flexibility index (Phi) is 6.11. The molecule has 0 aliphatic carbocycles. The highest BCUT2D eigenvalue weighted by Crippen LogP contribution is 2.13. The van der Waals surface area contributed by atoms with E-state index < -0.39 is 0 Å². The molecular formula is C18H25N5O2. The van der Waals surface area contributed by atoms with Gasteiger partial charge in [0.25, 0.3) is 0 Å². The van der Waals surface area contributed by atoms with Crippen molar-refractivity contribution in [1.29, 1.82) is 0 Å². The van der Waals surface area contributed by atoms with Gasteiger partial charge in [-0.2, -0.15) is 0 Å². The molecule has 1 aliphatic rings. The second-order valence-corrected chi connectivity index (χ2v) is 6.33. The normalized spacial score (nSPS) is 18.1. The molecule has 7 heteroatoms. The second kappa shape index (κ2) is 8.71. The quantitative estimate of drug-likeness (QED) is 0.791. The van der Waals surface area contributed by atoms with Gasteiger partial charge >= 0.3 is 0 Å². The minimum absolute atomic E-state index is 0.175. The zero-order valence-electron chi connectivity index (χ0n) is 14.7. The highest BCUT2D eigenvalue weighted by Gasteiger charge is 2.23. The van der Waals surface area contributed by atoms with Crippen LogP contribution in [0.25, 0.3) is 0 Å². The van der Waals surface area contributed by atoms with E-state index in [0.717, 1.165) is 24.4 Å². The molecule has 3 heterocycles. The summed E-state index contributed by atoms with van der Waals surface area (Å²) in [5, 5.41) is 0. The van der Waals surface area contributed by atoms with Crippen molar-refractivity contribution >= 4 is 5.91 Å². The van der Waals surface area contributed by atoms with Crippen LogP contribution in [0.5, 0.6) is 0 Å². The number of ether oxygens (including phenoxy) is 1. The lowest BCUT2D eigenvalue weighted by Gasteiger charge is -2.23. The highest BCUT2D eigenvalue weighted by molar-refractivity contribution is 5.76. The first-order valence-corrected chi connectivity index (χ1v) is 8.86. The van der Waals surface area contributed by atoms with Crippen LogP contribution in [0.4, 0.5) is 0 Å². The number of nitrogens with zero attached hydrogens (tertiary/aromatic N) is 5. The number of aryl methyl sites for hydroxylation is 2. The Morgan fingerprint density at radius 1 is 1.36 bits per heavy atom. The van der Waals surface area contributed by atoms with Gasteiger partial charge in [-0.1, -0.05) is 6.92 Å². The minimum Gasteiger partial charge on any atom is -0.379 e. The van der Waals surface area contributed by atoms with Crippen molar-refractivity contribution in [3.8, 4) is 0 Å². The van der Waals surface area contributed by atoms with Gasteiger partial charge in [-0.3, -0.25) is 4.79 Å². The fraction of sp³-hybridized carbons (Fsp3) is 0.556. The molecule has 0 bridgehead atoms. The first-order valence-electron chi connectivity index (χ1n) is 8.86. The van der Waals surface area contributed by atoms with E-state index in [-0.39, 0.29) is 11.8 Å². The van der Waals surface area contributed by atoms with Crippen LogP contribution in [-0.4, -0.2) is 56.6 Å². The molecule has 0 radical (unpaired) electrons. The van der Waals surface area contributed by atoms with Crippen LogP contribution >= 0.6 is 0 Å². The van der Waals surface area contributed by atoms with E-state index in [1.54, 1.807) is 18.7 Å². The van der Waals surface area contributed by atoms with Gasteiger partial charge in [0.1, 0.15) is 12.2 Å². The maximum Gasteiger partial charge on any atom is 0.224 e. The van der Waals surface area contributed by atoms with Gasteiger partial charge in [-0.25, -0.2) is 15.0 Å². The summed E-state index contributed by atoms with van der Waals surface area (Å²) >= 11 is 0. The number of aromatic nitrogens is 4. The number of carbonyl (C=O) groups excluding carboxylic acids is 1. The zero-order valence-corrected chi connectivity index (χ0v) is 14.7. The third-order valence-electron chi connectivity index (χ3n) is 4.52. The number of hydrogen-bond donors (Lipinski definition) is 0. The van der Waals surface area contributed by atoms with E-state index in [0.29, 0.717) is 39.3 Å². The van der Waals surface area contributed by atoms with Crippen LogP contribution in [0, 0.1) is 5.92 Å². The molecule has 2 aromatic heterocycles. The monoisotopic (exact) mass is 343 g/mol. The molecule has 1 aliphatic heterocycles. The molecule has 0 aromatic carbocycles. The highest BCUT2D eigenvalue weighted by atomic mass is 16.5. The van der Waals surface area contributed by atoms with Crippen molar-refractivity contribution in [2.45, 2.75) is 32.7 Å². The standard InChI is InChI=1S/C18H25N5O2/c1-2-17-20-6-8-22(17)7-4-18(24)23-9-10-25-13-15(12-23)11-16-3-5-19-14-21-16/h3,5-6,8,14-15H,2,4,7,9-13H2,1H3/t15-/m1/s1. The van der Waals surface area contributed by atoms with E-state index in [1.807, 2.05) is 17.2 Å². The summed E-state index contributed by atoms with van der Waals surface area (Å²) in [5.41, 5.74) is 0.990. The number of hydrogen-bond acceptors (Lipinski definition) is 5. The van der Waals surface area contributed by atoms with E-state index in [2.05, 4.69) is 26.4 Å². The van der Waals surface area contributed by atoms with Crippen LogP contribution < -0.4 is 0 Å². The number of carbonyl (C=O) groups is 1. The summed E-state index contributed by atoms with van der Waals surface area (Å²) in [6, 6.07) is 1.92. The molecule has 7 nitrogen and oxygen atoms in total. The molecule has 0 N–H and O–H groups in total. The average Bonchev–Trinajstić information content (AvgIpc) is 2.97. The van der Waals surface area contributed by atoms with Crippen molar-refractivity contribution < 1.29 is 9.53 Å². The first-order chi connectivity index (χ1) is 12.3. The number of amides is 1. The smallest absolute Gasteiger partial charge is 0.224 e. The number of rotatable bonds is 6. The zero-order chi connectivity index (χ0) is 17.5. The molecule has 3 rings (SSSR count). The summed E-state index contributed by atoms with van der Waals surface area (Å²) in [5.74, 6) is 1.46. The SMILES string of the molecule is CCc1nccn1CCC(=O)N1CCOC[C@H](Cc2ccncn2)C1. The van der Waals surface area contributed by atoms with Crippen LogP contribution in [0.3, 0.4) is 0 Å². The summed E-state index contributed by atoms with van der Waals surface area (Å²) in [6.07, 6.45) is 9.21. The van der Waals surface area contributed by atoms with Crippen LogP contribution in [0.1, 0.15) is 24.9 Å². The van der Waals surface area contributed by atoms with Crippen molar-refractivity contribution in [1.82, 2.24) is 24.4 Å². The molecule has 1 saturated heterocycles. The lowest BCUT2D eigenvalue weighted by atomic mass is 10.0. The van der Waals surface area contributed by atoms with E-state index >= 15 is 0 Å². The molecule has 1 atom stereocenters. The fourth-order valence-corrected chi connectivity index (χ4v) is 3.20. The molecule has 1 amide bonds. The maximum absolute atomic E-state index is 12.7. The molecule has 134 valence electrons. The largest absolute Gasteiger partial charge is 0.379 e. The third-order valence-corrected chi connectivity index (χ3v) is 4.52. The van der Waals surface area contributed by atoms with Crippen LogP contribution in [0.2, 0.25) is 0 Å². The Morgan fingerprint density at radius 2 is 2.28 bits per heavy atom. The van der Waals surface area contributed by atoms with E-state index in [1.165, 1.54) is 0 Å². The minimum atomic E-state index is 0.175. The lowest BCUT2D eigenvalue weighted by molar-refractivity contribution is -0.131. The van der Waals surface area contributed by atoms with Gasteiger partial charge in [0.15, 0.2) is 0 Å². The molecule has 1 fully saturated rings. The van der Waals surface area contributed by atoms with Gasteiger partial charge in [-0.15, -0.1) is 0 Å². The summed E-state index contributed by atoms with van der Waals surface area (Å²) < 4.78 is 7.75. The van der Waals surface area contributed by atoms with Crippen molar-refractivity contribution in [2.24, 2.45) is 5.92 Å². The summed E-state index contributed by atoms with van der Waals surface area (Å²) in [7, 11) is 0. The van der Waals surface area contributed by atoms with Gasteiger partial charge in [-0.05, 0) is 12.5 Å². The van der Waals surface area contributed by atoms with Crippen molar-refractivity contribution in [3.63, 3.8) is 0 Å². The Morgan fingerprint density at radius 3 is 3.08 bits per heavy atom. The van der Waals surface area contributed by atoms with Crippen molar-refractivity contribution in [2.75, 3.05) is 26.3 Å². The number of imidazole rings is 1. The third kappa shape index (κ3) is 4.85. The Hall–Kier alpha value is -2.28. The van der Waals surface area contributed by atoms with Crippen LogP contribution in [-0.2, 0) is 28.9 Å². The predicted octanol–water partition coefficient (Wildman–Crippen LogP) is 1.34. The molecular weight excluding hydrogens is 318 g/mol. The van der Waals surface area contributed by atoms with E-state index in [4.69, 9.17) is 4.74 Å². The topological polar surface area (TPSA) is 73.1 Å². The molecule has 2 aromatic rings. The van der Waals surface area contributed by atoms with Crippen molar-refractivity contribution in [3.05, 3.63) is 42.5 Å². The second-order valence-electron chi connectivity index (χ2n) is 6.33. The van der Waals surface area contributed by atoms with E-state index in [9.17, 15) is 4.79 Å². The van der Waals surface area contributed by atoms with Crippen LogP contribution in [0.15, 0.2) is 31.0 Å². The Labute approximate surface area is 148 Å². The molecule has 25 heavy (non-hydrogen) atoms. The van der Waals surface area contributed by atoms with Gasteiger partial charge in [0.05, 0.1) is 13.2 Å². The lowest BCUT2D eigenvalue weighted by Crippen LogP contribution is -2.37. The van der Waals surface area contributed by atoms with Gasteiger partial charge < -0.3 is 14.2 Å². The first kappa shape index (κ1) is 17.5. The average molecular weight is 343 g/mol. The summed E-state index contributed by atoms with van der Waals surface area (Å²) in [4.78, 5) is 27.1. The Bertz CT molecular complexity index is 673. The predicted molar refractivity (Wildman–Crippen MR) is 92.8 cm³/mol.